The Kier molecular flexibility index (Phi) is 11.1. The lowest BCUT2D eigenvalue weighted by Gasteiger charge is -2.34. The molecule has 12 heteroatoms. The highest BCUT2D eigenvalue weighted by molar-refractivity contribution is 7.92. The number of piperidine rings is 1. The Morgan fingerprint density at radius 3 is 2.23 bits per heavy atom. The van der Waals surface area contributed by atoms with Crippen molar-refractivity contribution in [1.82, 2.24) is 10.2 Å². The van der Waals surface area contributed by atoms with Gasteiger partial charge in [-0.05, 0) is 86.4 Å². The van der Waals surface area contributed by atoms with E-state index in [2.05, 4.69) is 39.3 Å². The molecule has 0 saturated carbocycles. The van der Waals surface area contributed by atoms with Crippen molar-refractivity contribution in [3.05, 3.63) is 72.3 Å². The van der Waals surface area contributed by atoms with Crippen LogP contribution in [0.3, 0.4) is 0 Å². The van der Waals surface area contributed by atoms with Gasteiger partial charge in [0.05, 0.1) is 12.3 Å². The zero-order valence-corrected chi connectivity index (χ0v) is 26.0. The molecule has 232 valence electrons. The van der Waals surface area contributed by atoms with E-state index >= 15 is 0 Å². The van der Waals surface area contributed by atoms with E-state index in [1.165, 1.54) is 5.56 Å². The first-order valence-corrected chi connectivity index (χ1v) is 16.2. The van der Waals surface area contributed by atoms with Gasteiger partial charge in [0.1, 0.15) is 11.5 Å². The number of sulfonamides is 1. The number of likely N-dealkylation sites (tertiary alicyclic amines) is 1. The Morgan fingerprint density at radius 1 is 0.953 bits per heavy atom. The summed E-state index contributed by atoms with van der Waals surface area (Å²) in [5.41, 5.74) is 2.40. The third kappa shape index (κ3) is 9.49. The minimum Gasteiger partial charge on any atom is -0.457 e. The number of nitrogens with one attached hydrogen (secondary N) is 3. The SMILES string of the molecule is CCCC(NC1CCN(Cc2ccc(Oc3ccc(NS(C)(=O)=O)cc3)cc2)CC1)C(=O)Nc1ccc2c(c1)OCO2.Cl. The molecule has 3 aromatic rings. The number of nitrogens with zero attached hydrogens (tertiary/aromatic N) is 1. The van der Waals surface area contributed by atoms with E-state index in [0.29, 0.717) is 34.4 Å². The largest absolute Gasteiger partial charge is 0.457 e. The van der Waals surface area contributed by atoms with Crippen LogP contribution in [0.2, 0.25) is 0 Å². The van der Waals surface area contributed by atoms with E-state index in [9.17, 15) is 13.2 Å². The maximum Gasteiger partial charge on any atom is 0.241 e. The van der Waals surface area contributed by atoms with Crippen molar-refractivity contribution >= 4 is 39.7 Å². The Morgan fingerprint density at radius 2 is 1.58 bits per heavy atom. The van der Waals surface area contributed by atoms with Gasteiger partial charge in [-0.3, -0.25) is 14.4 Å². The molecule has 1 unspecified atom stereocenters. The third-order valence-corrected chi connectivity index (χ3v) is 7.89. The van der Waals surface area contributed by atoms with Crippen LogP contribution in [0, 0.1) is 0 Å². The molecule has 0 aromatic heterocycles. The van der Waals surface area contributed by atoms with Gasteiger partial charge in [0.15, 0.2) is 11.5 Å². The molecule has 2 aliphatic rings. The first kappa shape index (κ1) is 32.4. The van der Waals surface area contributed by atoms with Gasteiger partial charge in [-0.15, -0.1) is 12.4 Å². The highest BCUT2D eigenvalue weighted by Crippen LogP contribution is 2.34. The third-order valence-electron chi connectivity index (χ3n) is 7.28. The summed E-state index contributed by atoms with van der Waals surface area (Å²) in [4.78, 5) is 15.5. The summed E-state index contributed by atoms with van der Waals surface area (Å²) in [6.07, 6.45) is 4.75. The molecule has 0 aliphatic carbocycles. The van der Waals surface area contributed by atoms with Gasteiger partial charge in [-0.25, -0.2) is 8.42 Å². The van der Waals surface area contributed by atoms with Crippen molar-refractivity contribution in [3.63, 3.8) is 0 Å². The van der Waals surface area contributed by atoms with Crippen LogP contribution in [0.4, 0.5) is 11.4 Å². The van der Waals surface area contributed by atoms with E-state index < -0.39 is 10.0 Å². The van der Waals surface area contributed by atoms with Crippen LogP contribution in [0.1, 0.15) is 38.2 Å². The number of ether oxygens (including phenoxy) is 3. The number of carbonyl (C=O) groups is 1. The molecule has 43 heavy (non-hydrogen) atoms. The lowest BCUT2D eigenvalue weighted by molar-refractivity contribution is -0.118. The molecular formula is C31H39ClN4O6S. The molecule has 0 radical (unpaired) electrons. The monoisotopic (exact) mass is 630 g/mol. The molecule has 3 N–H and O–H groups in total. The van der Waals surface area contributed by atoms with Gasteiger partial charge in [0, 0.05) is 30.0 Å². The standard InChI is InChI=1S/C31H38N4O6S.ClH/c1-3-4-28(31(36)33-25-9-14-29-30(19-25)40-21-39-29)32-23-15-17-35(18-16-23)20-22-5-10-26(11-6-22)41-27-12-7-24(8-13-27)34-42(2,37)38;/h5-14,19,23,28,32,34H,3-4,15-18,20-21H2,1-2H3,(H,33,36);1H. The molecule has 1 amide bonds. The summed E-state index contributed by atoms with van der Waals surface area (Å²) in [6, 6.07) is 20.3. The zero-order valence-electron chi connectivity index (χ0n) is 24.4. The van der Waals surface area contributed by atoms with E-state index in [1.807, 2.05) is 24.3 Å². The summed E-state index contributed by atoms with van der Waals surface area (Å²) >= 11 is 0. The number of anilines is 2. The van der Waals surface area contributed by atoms with E-state index in [1.54, 1.807) is 30.3 Å². The van der Waals surface area contributed by atoms with Crippen molar-refractivity contribution in [2.24, 2.45) is 0 Å². The minimum absolute atomic E-state index is 0. The molecule has 10 nitrogen and oxygen atoms in total. The second kappa shape index (κ2) is 14.8. The number of fused-ring (bicyclic) bond motifs is 1. The fourth-order valence-electron chi connectivity index (χ4n) is 5.19. The number of benzene rings is 3. The van der Waals surface area contributed by atoms with Crippen molar-refractivity contribution in [1.29, 1.82) is 0 Å². The second-order valence-electron chi connectivity index (χ2n) is 10.8. The highest BCUT2D eigenvalue weighted by Gasteiger charge is 2.25. The second-order valence-corrected chi connectivity index (χ2v) is 12.5. The maximum absolute atomic E-state index is 13.1. The predicted octanol–water partition coefficient (Wildman–Crippen LogP) is 5.36. The van der Waals surface area contributed by atoms with E-state index in [-0.39, 0.29) is 37.2 Å². The maximum atomic E-state index is 13.1. The Labute approximate surface area is 259 Å². The lowest BCUT2D eigenvalue weighted by Crippen LogP contribution is -2.50. The van der Waals surface area contributed by atoms with Gasteiger partial charge >= 0.3 is 0 Å². The molecule has 0 spiro atoms. The number of carbonyl (C=O) groups excluding carboxylic acids is 1. The molecule has 1 atom stereocenters. The van der Waals surface area contributed by atoms with Crippen LogP contribution < -0.4 is 29.6 Å². The van der Waals surface area contributed by atoms with Crippen molar-refractivity contribution in [3.8, 4) is 23.0 Å². The summed E-state index contributed by atoms with van der Waals surface area (Å²) in [5.74, 6) is 2.66. The quantitative estimate of drug-likeness (QED) is 0.245. The molecule has 0 bridgehead atoms. The van der Waals surface area contributed by atoms with Crippen LogP contribution in [-0.2, 0) is 21.4 Å². The summed E-state index contributed by atoms with van der Waals surface area (Å²) in [6.45, 7) is 5.05. The van der Waals surface area contributed by atoms with Crippen molar-refractivity contribution in [2.75, 3.05) is 36.2 Å². The molecule has 1 saturated heterocycles. The Hall–Kier alpha value is -3.51. The topological polar surface area (TPSA) is 118 Å². The van der Waals surface area contributed by atoms with Gasteiger partial charge in [0.25, 0.3) is 0 Å². The van der Waals surface area contributed by atoms with Gasteiger partial charge in [-0.1, -0.05) is 25.5 Å². The van der Waals surface area contributed by atoms with Crippen molar-refractivity contribution < 1.29 is 27.4 Å². The smallest absolute Gasteiger partial charge is 0.241 e. The van der Waals surface area contributed by atoms with E-state index in [0.717, 1.165) is 51.6 Å². The normalized spacial score (nSPS) is 15.8. The van der Waals surface area contributed by atoms with Crippen LogP contribution >= 0.6 is 12.4 Å². The predicted molar refractivity (Wildman–Crippen MR) is 170 cm³/mol. The number of rotatable bonds is 12. The van der Waals surface area contributed by atoms with Gasteiger partial charge in [0.2, 0.25) is 22.7 Å². The molecule has 5 rings (SSSR count). The number of halogens is 1. The summed E-state index contributed by atoms with van der Waals surface area (Å²) in [5, 5.41) is 6.65. The Bertz CT molecular complexity index is 1460. The van der Waals surface area contributed by atoms with Crippen molar-refractivity contribution in [2.45, 2.75) is 51.2 Å². The Balaban J connectivity index is 0.00000423. The summed E-state index contributed by atoms with van der Waals surface area (Å²) in [7, 11) is -3.31. The molecule has 2 heterocycles. The minimum atomic E-state index is -3.31. The highest BCUT2D eigenvalue weighted by atomic mass is 35.5. The number of hydrogen-bond donors (Lipinski definition) is 3. The molecule has 2 aliphatic heterocycles. The lowest BCUT2D eigenvalue weighted by atomic mass is 10.0. The van der Waals surface area contributed by atoms with Gasteiger partial charge < -0.3 is 24.8 Å². The average Bonchev–Trinajstić information content (AvgIpc) is 3.43. The van der Waals surface area contributed by atoms with Crippen LogP contribution in [0.5, 0.6) is 23.0 Å². The fourth-order valence-corrected chi connectivity index (χ4v) is 5.75. The molecule has 1 fully saturated rings. The average molecular weight is 631 g/mol. The van der Waals surface area contributed by atoms with E-state index in [4.69, 9.17) is 14.2 Å². The van der Waals surface area contributed by atoms with Crippen LogP contribution in [0.25, 0.3) is 0 Å². The molecule has 3 aromatic carbocycles. The number of amides is 1. The number of hydrogen-bond acceptors (Lipinski definition) is 8. The molecular weight excluding hydrogens is 592 g/mol. The first-order valence-electron chi connectivity index (χ1n) is 14.3. The van der Waals surface area contributed by atoms with Crippen LogP contribution in [0.15, 0.2) is 66.7 Å². The zero-order chi connectivity index (χ0) is 29.5. The fraction of sp³-hybridized carbons (Fsp3) is 0.387. The first-order chi connectivity index (χ1) is 20.2. The summed E-state index contributed by atoms with van der Waals surface area (Å²) < 4.78 is 41.9. The van der Waals surface area contributed by atoms with Gasteiger partial charge in [-0.2, -0.15) is 0 Å². The van der Waals surface area contributed by atoms with Crippen LogP contribution in [-0.4, -0.2) is 57.4 Å².